The molecule has 5 rings (SSSR count). The fourth-order valence-corrected chi connectivity index (χ4v) is 4.67. The average molecular weight is 393 g/mol. The number of likely N-dealkylation sites (N-methyl/N-ethyl adjacent to an activating group) is 1. The molecule has 0 bridgehead atoms. The van der Waals surface area contributed by atoms with Gasteiger partial charge in [0, 0.05) is 23.6 Å². The molecule has 6 heteroatoms. The number of methoxy groups -OCH3 is 2. The van der Waals surface area contributed by atoms with Crippen LogP contribution in [0.2, 0.25) is 0 Å². The van der Waals surface area contributed by atoms with E-state index in [2.05, 4.69) is 17.0 Å². The molecule has 0 aliphatic carbocycles. The minimum absolute atomic E-state index is 0.236. The fraction of sp³-hybridized carbons (Fsp3) is 0.304. The second kappa shape index (κ2) is 6.46. The van der Waals surface area contributed by atoms with Gasteiger partial charge < -0.3 is 29.0 Å². The summed E-state index contributed by atoms with van der Waals surface area (Å²) in [5, 5.41) is 12.9. The van der Waals surface area contributed by atoms with Crippen molar-refractivity contribution < 1.29 is 24.1 Å². The molecule has 2 atom stereocenters. The topological polar surface area (TPSA) is 60.4 Å². The third-order valence-electron chi connectivity index (χ3n) is 5.88. The summed E-state index contributed by atoms with van der Waals surface area (Å²) in [5.41, 5.74) is 4.08. The van der Waals surface area contributed by atoms with Gasteiger partial charge in [0.15, 0.2) is 23.0 Å². The normalized spacial score (nSPS) is 17.7. The number of aliphatic hydroxyl groups is 1. The van der Waals surface area contributed by atoms with Crippen molar-refractivity contribution in [3.8, 4) is 34.1 Å². The summed E-state index contributed by atoms with van der Waals surface area (Å²) in [7, 11) is 5.26. The summed E-state index contributed by atoms with van der Waals surface area (Å²) in [6.07, 6.45) is -0.628. The Labute approximate surface area is 169 Å². The van der Waals surface area contributed by atoms with Crippen molar-refractivity contribution in [1.82, 2.24) is 0 Å². The van der Waals surface area contributed by atoms with Gasteiger partial charge in [0.25, 0.3) is 0 Å². The van der Waals surface area contributed by atoms with Crippen LogP contribution >= 0.6 is 0 Å². The van der Waals surface area contributed by atoms with E-state index in [0.29, 0.717) is 11.5 Å². The Morgan fingerprint density at radius 3 is 2.45 bits per heavy atom. The number of nitrogens with zero attached hydrogens (tertiary/aromatic N) is 1. The molecule has 3 aromatic carbocycles. The Bertz CT molecular complexity index is 1120. The minimum atomic E-state index is -0.628. The van der Waals surface area contributed by atoms with Crippen molar-refractivity contribution in [2.75, 3.05) is 33.0 Å². The summed E-state index contributed by atoms with van der Waals surface area (Å²) in [6, 6.07) is 11.9. The highest BCUT2D eigenvalue weighted by molar-refractivity contribution is 6.05. The molecule has 0 spiro atoms. The highest BCUT2D eigenvalue weighted by Crippen LogP contribution is 2.54. The summed E-state index contributed by atoms with van der Waals surface area (Å²) in [4.78, 5) is 2.12. The average Bonchev–Trinajstić information content (AvgIpc) is 3.17. The number of fused-ring (bicyclic) bond motifs is 6. The van der Waals surface area contributed by atoms with Gasteiger partial charge in [-0.1, -0.05) is 12.1 Å². The van der Waals surface area contributed by atoms with Crippen LogP contribution in [-0.4, -0.2) is 39.3 Å². The molecule has 3 aromatic rings. The maximum absolute atomic E-state index is 10.7. The molecule has 0 aromatic heterocycles. The minimum Gasteiger partial charge on any atom is -0.493 e. The van der Waals surface area contributed by atoms with E-state index in [1.807, 2.05) is 31.3 Å². The number of benzene rings is 3. The smallest absolute Gasteiger partial charge is 0.231 e. The summed E-state index contributed by atoms with van der Waals surface area (Å²) >= 11 is 0. The second-order valence-electron chi connectivity index (χ2n) is 7.45. The van der Waals surface area contributed by atoms with E-state index < -0.39 is 6.10 Å². The van der Waals surface area contributed by atoms with Crippen molar-refractivity contribution in [2.24, 2.45) is 0 Å². The van der Waals surface area contributed by atoms with E-state index in [1.165, 1.54) is 0 Å². The van der Waals surface area contributed by atoms with Crippen molar-refractivity contribution in [3.05, 3.63) is 42.0 Å². The molecular weight excluding hydrogens is 370 g/mol. The van der Waals surface area contributed by atoms with Gasteiger partial charge in [-0.15, -0.1) is 0 Å². The van der Waals surface area contributed by atoms with Crippen LogP contribution in [-0.2, 0) is 0 Å². The third kappa shape index (κ3) is 2.45. The first-order valence-corrected chi connectivity index (χ1v) is 9.57. The van der Waals surface area contributed by atoms with E-state index in [9.17, 15) is 5.11 Å². The molecule has 6 nitrogen and oxygen atoms in total. The molecule has 29 heavy (non-hydrogen) atoms. The first-order chi connectivity index (χ1) is 14.0. The van der Waals surface area contributed by atoms with Gasteiger partial charge in [-0.3, -0.25) is 0 Å². The number of anilines is 1. The van der Waals surface area contributed by atoms with E-state index >= 15 is 0 Å². The lowest BCUT2D eigenvalue weighted by molar-refractivity contribution is 0.159. The van der Waals surface area contributed by atoms with Crippen LogP contribution in [0.25, 0.3) is 21.9 Å². The van der Waals surface area contributed by atoms with E-state index in [4.69, 9.17) is 18.9 Å². The zero-order chi connectivity index (χ0) is 20.3. The Balaban J connectivity index is 1.86. The summed E-state index contributed by atoms with van der Waals surface area (Å²) in [6.45, 7) is 2.04. The monoisotopic (exact) mass is 393 g/mol. The number of hydrogen-bond acceptors (Lipinski definition) is 6. The van der Waals surface area contributed by atoms with Crippen LogP contribution in [0.5, 0.6) is 23.0 Å². The van der Waals surface area contributed by atoms with E-state index in [-0.39, 0.29) is 12.8 Å². The number of aliphatic hydroxyl groups excluding tert-OH is 1. The highest BCUT2D eigenvalue weighted by atomic mass is 16.7. The number of hydrogen-bond donors (Lipinski definition) is 1. The summed E-state index contributed by atoms with van der Waals surface area (Å²) in [5.74, 6) is 2.80. The molecule has 150 valence electrons. The maximum atomic E-state index is 10.7. The van der Waals surface area contributed by atoms with Gasteiger partial charge in [-0.05, 0) is 42.1 Å². The molecule has 0 saturated carbocycles. The summed E-state index contributed by atoms with van der Waals surface area (Å²) < 4.78 is 22.4. The van der Waals surface area contributed by atoms with Crippen LogP contribution < -0.4 is 23.8 Å². The molecule has 1 N–H and O–H groups in total. The van der Waals surface area contributed by atoms with Gasteiger partial charge in [-0.2, -0.15) is 0 Å². The molecule has 0 unspecified atom stereocenters. The first kappa shape index (κ1) is 17.9. The zero-order valence-corrected chi connectivity index (χ0v) is 16.9. The van der Waals surface area contributed by atoms with Crippen LogP contribution in [0.3, 0.4) is 0 Å². The van der Waals surface area contributed by atoms with Gasteiger partial charge >= 0.3 is 0 Å². The fourth-order valence-electron chi connectivity index (χ4n) is 4.67. The number of ether oxygens (including phenoxy) is 4. The van der Waals surface area contributed by atoms with Crippen molar-refractivity contribution in [1.29, 1.82) is 0 Å². The Hall–Kier alpha value is -3.12. The van der Waals surface area contributed by atoms with Crippen LogP contribution in [0.1, 0.15) is 18.5 Å². The molecule has 2 aliphatic rings. The standard InChI is InChI=1S/C23H23NO5/c1-12(25)21-20-14(7-8-17(26-3)23(20)27-4)15-6-5-13-9-18-19(29-11-28-18)10-16(13)22(15)24(21)2/h5-10,12,21,25H,11H2,1-4H3/t12-,21-/m1/s1. The van der Waals surface area contributed by atoms with Gasteiger partial charge in [0.2, 0.25) is 6.79 Å². The lowest BCUT2D eigenvalue weighted by Crippen LogP contribution is -2.36. The Kier molecular flexibility index (Phi) is 3.99. The predicted octanol–water partition coefficient (Wildman–Crippen LogP) is 4.12. The predicted molar refractivity (Wildman–Crippen MR) is 111 cm³/mol. The van der Waals surface area contributed by atoms with Crippen LogP contribution in [0.4, 0.5) is 5.69 Å². The Morgan fingerprint density at radius 1 is 1.03 bits per heavy atom. The zero-order valence-electron chi connectivity index (χ0n) is 16.9. The molecule has 0 amide bonds. The lowest BCUT2D eigenvalue weighted by Gasteiger charge is -2.40. The van der Waals surface area contributed by atoms with Gasteiger partial charge in [0.05, 0.1) is 32.1 Å². The van der Waals surface area contributed by atoms with Crippen LogP contribution in [0.15, 0.2) is 36.4 Å². The van der Waals surface area contributed by atoms with E-state index in [0.717, 1.165) is 44.6 Å². The maximum Gasteiger partial charge on any atom is 0.231 e. The molecule has 0 fully saturated rings. The quantitative estimate of drug-likeness (QED) is 0.722. The molecular formula is C23H23NO5. The van der Waals surface area contributed by atoms with Gasteiger partial charge in [-0.25, -0.2) is 0 Å². The van der Waals surface area contributed by atoms with Crippen molar-refractivity contribution >= 4 is 16.5 Å². The molecule has 0 radical (unpaired) electrons. The second-order valence-corrected chi connectivity index (χ2v) is 7.45. The largest absolute Gasteiger partial charge is 0.493 e. The van der Waals surface area contributed by atoms with Crippen molar-refractivity contribution in [3.63, 3.8) is 0 Å². The molecule has 0 saturated heterocycles. The third-order valence-corrected chi connectivity index (χ3v) is 5.88. The Morgan fingerprint density at radius 2 is 1.76 bits per heavy atom. The lowest BCUT2D eigenvalue weighted by atomic mass is 9.84. The van der Waals surface area contributed by atoms with E-state index in [1.54, 1.807) is 21.1 Å². The van der Waals surface area contributed by atoms with Crippen molar-refractivity contribution in [2.45, 2.75) is 19.1 Å². The van der Waals surface area contributed by atoms with Gasteiger partial charge in [0.1, 0.15) is 0 Å². The SMILES string of the molecule is COc1ccc2c(c1OC)[C@@H]([C@@H](C)O)N(C)c1c-2ccc2cc3c(cc12)OCO3. The van der Waals surface area contributed by atoms with Crippen LogP contribution in [0, 0.1) is 0 Å². The highest BCUT2D eigenvalue weighted by Gasteiger charge is 2.37. The number of rotatable bonds is 3. The molecule has 2 heterocycles. The first-order valence-electron chi connectivity index (χ1n) is 9.57. The molecule has 2 aliphatic heterocycles.